The highest BCUT2D eigenvalue weighted by Crippen LogP contribution is 1.97. The maximum Gasteiger partial charge on any atom is 0.269 e. The Morgan fingerprint density at radius 3 is 2.08 bits per heavy atom. The quantitative estimate of drug-likeness (QED) is 0.543. The van der Waals surface area contributed by atoms with Gasteiger partial charge in [-0.3, -0.25) is 9.78 Å². The van der Waals surface area contributed by atoms with E-state index in [9.17, 15) is 14.7 Å². The lowest BCUT2D eigenvalue weighted by atomic mass is 10.3. The minimum atomic E-state index is -1.57. The average Bonchev–Trinajstić information content (AvgIpc) is 2.04. The summed E-state index contributed by atoms with van der Waals surface area (Å²) in [6.07, 6.45) is 2.31. The zero-order valence-electron chi connectivity index (χ0n) is 5.85. The summed E-state index contributed by atoms with van der Waals surface area (Å²) in [7, 11) is 0. The molecule has 0 aromatic carbocycles. The largest absolute Gasteiger partial charge is 0.543 e. The number of nitrogens with two attached hydrogens (primary N) is 1. The fourth-order valence-electron chi connectivity index (χ4n) is 0.668. The van der Waals surface area contributed by atoms with Crippen LogP contribution in [0.15, 0.2) is 12.4 Å². The molecule has 0 aliphatic heterocycles. The monoisotopic (exact) mass is 166 g/mol. The zero-order chi connectivity index (χ0) is 9.14. The molecule has 1 heterocycles. The fraction of sp³-hybridized carbons (Fsp3) is 0. The van der Waals surface area contributed by atoms with E-state index in [1.165, 1.54) is 6.20 Å². The second kappa shape index (κ2) is 2.95. The van der Waals surface area contributed by atoms with E-state index in [0.29, 0.717) is 0 Å². The van der Waals surface area contributed by atoms with Gasteiger partial charge in [0.2, 0.25) is 0 Å². The molecule has 1 rings (SSSR count). The zero-order valence-corrected chi connectivity index (χ0v) is 5.85. The third-order valence-corrected chi connectivity index (χ3v) is 1.12. The molecule has 0 bridgehead atoms. The maximum atomic E-state index is 10.6. The Morgan fingerprint density at radius 2 is 1.75 bits per heavy atom. The summed E-state index contributed by atoms with van der Waals surface area (Å²) >= 11 is 0. The van der Waals surface area contributed by atoms with E-state index in [4.69, 9.17) is 5.73 Å². The van der Waals surface area contributed by atoms with Crippen LogP contribution >= 0.6 is 0 Å². The van der Waals surface area contributed by atoms with Crippen LogP contribution in [0.5, 0.6) is 0 Å². The number of aromatic nitrogens is 2. The fourth-order valence-corrected chi connectivity index (χ4v) is 0.668. The molecule has 12 heavy (non-hydrogen) atoms. The topological polar surface area (TPSA) is 109 Å². The first-order chi connectivity index (χ1) is 5.63. The normalized spacial score (nSPS) is 9.33. The summed E-state index contributed by atoms with van der Waals surface area (Å²) < 4.78 is 0. The van der Waals surface area contributed by atoms with Crippen LogP contribution in [0.3, 0.4) is 0 Å². The van der Waals surface area contributed by atoms with Crippen molar-refractivity contribution in [1.82, 2.24) is 9.97 Å². The minimum Gasteiger partial charge on any atom is -0.543 e. The van der Waals surface area contributed by atoms with Crippen molar-refractivity contribution in [1.29, 1.82) is 0 Å². The Morgan fingerprint density at radius 1 is 1.25 bits per heavy atom. The second-order valence-corrected chi connectivity index (χ2v) is 1.91. The van der Waals surface area contributed by atoms with E-state index in [1.807, 2.05) is 0 Å². The van der Waals surface area contributed by atoms with E-state index in [-0.39, 0.29) is 0 Å². The molecule has 0 aliphatic carbocycles. The highest BCUT2D eigenvalue weighted by molar-refractivity contribution is 6.00. The highest BCUT2D eigenvalue weighted by Gasteiger charge is 2.10. The Kier molecular flexibility index (Phi) is 2.00. The lowest BCUT2D eigenvalue weighted by Crippen LogP contribution is -2.28. The number of amides is 1. The third-order valence-electron chi connectivity index (χ3n) is 1.12. The van der Waals surface area contributed by atoms with Crippen LogP contribution in [0, 0.1) is 0 Å². The molecule has 0 unspecified atom stereocenters. The van der Waals surface area contributed by atoms with Crippen LogP contribution in [0.25, 0.3) is 0 Å². The van der Waals surface area contributed by atoms with Gasteiger partial charge in [0.25, 0.3) is 5.91 Å². The van der Waals surface area contributed by atoms with Crippen LogP contribution < -0.4 is 10.8 Å². The number of nitrogens with zero attached hydrogens (tertiary/aromatic N) is 2. The SMILES string of the molecule is NC(=O)c1nccnc1C(=O)[O-]. The number of rotatable bonds is 2. The van der Waals surface area contributed by atoms with Crippen molar-refractivity contribution in [2.24, 2.45) is 5.73 Å². The van der Waals surface area contributed by atoms with Crippen molar-refractivity contribution in [2.75, 3.05) is 0 Å². The third kappa shape index (κ3) is 1.36. The number of hydrogen-bond acceptors (Lipinski definition) is 5. The second-order valence-electron chi connectivity index (χ2n) is 1.91. The van der Waals surface area contributed by atoms with Gasteiger partial charge >= 0.3 is 0 Å². The average molecular weight is 166 g/mol. The molecule has 0 saturated carbocycles. The summed E-state index contributed by atoms with van der Waals surface area (Å²) in [6.45, 7) is 0. The summed E-state index contributed by atoms with van der Waals surface area (Å²) in [5, 5.41) is 10.3. The molecule has 0 spiro atoms. The first-order valence-electron chi connectivity index (χ1n) is 2.95. The van der Waals surface area contributed by atoms with Crippen LogP contribution in [-0.2, 0) is 0 Å². The lowest BCUT2D eigenvalue weighted by molar-refractivity contribution is -0.255. The van der Waals surface area contributed by atoms with Crippen molar-refractivity contribution < 1.29 is 14.7 Å². The lowest BCUT2D eigenvalue weighted by Gasteiger charge is -2.03. The van der Waals surface area contributed by atoms with E-state index < -0.39 is 23.3 Å². The van der Waals surface area contributed by atoms with Crippen LogP contribution in [0.1, 0.15) is 21.0 Å². The van der Waals surface area contributed by atoms with E-state index in [0.717, 1.165) is 6.20 Å². The molecule has 1 aromatic rings. The Hall–Kier alpha value is -1.98. The molecule has 0 fully saturated rings. The smallest absolute Gasteiger partial charge is 0.269 e. The van der Waals surface area contributed by atoms with Gasteiger partial charge in [0.15, 0.2) is 5.69 Å². The molecule has 6 heteroatoms. The van der Waals surface area contributed by atoms with Gasteiger partial charge < -0.3 is 15.6 Å². The molecule has 1 amide bonds. The van der Waals surface area contributed by atoms with Gasteiger partial charge in [-0.2, -0.15) is 0 Å². The molecule has 62 valence electrons. The molecule has 0 atom stereocenters. The molecule has 2 N–H and O–H groups in total. The predicted octanol–water partition coefficient (Wildman–Crippen LogP) is -2.06. The van der Waals surface area contributed by atoms with Crippen LogP contribution in [0.4, 0.5) is 0 Å². The van der Waals surface area contributed by atoms with Crippen molar-refractivity contribution in [2.45, 2.75) is 0 Å². The molecule has 6 nitrogen and oxygen atoms in total. The maximum absolute atomic E-state index is 10.6. The molecule has 1 aromatic heterocycles. The first kappa shape index (κ1) is 8.12. The summed E-state index contributed by atoms with van der Waals surface area (Å²) in [4.78, 5) is 27.7. The van der Waals surface area contributed by atoms with Crippen molar-refractivity contribution in [3.8, 4) is 0 Å². The summed E-state index contributed by atoms with van der Waals surface area (Å²) in [6, 6.07) is 0. The predicted molar refractivity (Wildman–Crippen MR) is 34.9 cm³/mol. The summed E-state index contributed by atoms with van der Waals surface area (Å²) in [5.74, 6) is -2.51. The number of primary amides is 1. The summed E-state index contributed by atoms with van der Waals surface area (Å²) in [5.41, 5.74) is 3.89. The Balaban J connectivity index is 3.27. The number of carbonyl (C=O) groups excluding carboxylic acids is 2. The van der Waals surface area contributed by atoms with Crippen molar-refractivity contribution in [3.63, 3.8) is 0 Å². The standard InChI is InChI=1S/C6H5N3O3/c7-5(10)3-4(6(11)12)9-2-1-8-3/h1-2H,(H2,7,10)(H,11,12)/p-1. The number of carbonyl (C=O) groups is 2. The van der Waals surface area contributed by atoms with Gasteiger partial charge in [0, 0.05) is 12.4 Å². The van der Waals surface area contributed by atoms with Gasteiger partial charge in [-0.1, -0.05) is 0 Å². The number of aromatic carboxylic acids is 1. The number of hydrogen-bond donors (Lipinski definition) is 1. The highest BCUT2D eigenvalue weighted by atomic mass is 16.4. The Labute approximate surface area is 67.1 Å². The molecule has 0 saturated heterocycles. The minimum absolute atomic E-state index is 0.391. The van der Waals surface area contributed by atoms with Gasteiger partial charge in [-0.25, -0.2) is 4.98 Å². The van der Waals surface area contributed by atoms with Gasteiger partial charge in [0.1, 0.15) is 5.69 Å². The van der Waals surface area contributed by atoms with E-state index in [2.05, 4.69) is 9.97 Å². The molecule has 0 radical (unpaired) electrons. The molecular formula is C6H4N3O3-. The van der Waals surface area contributed by atoms with E-state index in [1.54, 1.807) is 0 Å². The van der Waals surface area contributed by atoms with Gasteiger partial charge in [0.05, 0.1) is 5.97 Å². The van der Waals surface area contributed by atoms with Crippen LogP contribution in [0.2, 0.25) is 0 Å². The number of carboxylic acid groups (broad SMARTS) is 1. The Bertz CT molecular complexity index is 304. The van der Waals surface area contributed by atoms with E-state index >= 15 is 0 Å². The molecular weight excluding hydrogens is 162 g/mol. The van der Waals surface area contributed by atoms with Crippen molar-refractivity contribution in [3.05, 3.63) is 23.8 Å². The molecule has 0 aliphatic rings. The van der Waals surface area contributed by atoms with Crippen LogP contribution in [-0.4, -0.2) is 21.8 Å². The van der Waals surface area contributed by atoms with Crippen molar-refractivity contribution >= 4 is 11.9 Å². The first-order valence-corrected chi connectivity index (χ1v) is 2.95. The van der Waals surface area contributed by atoms with Gasteiger partial charge in [-0.05, 0) is 0 Å². The number of carboxylic acids is 1. The van der Waals surface area contributed by atoms with Gasteiger partial charge in [-0.15, -0.1) is 0 Å².